The summed E-state index contributed by atoms with van der Waals surface area (Å²) in [4.78, 5) is 25.0. The first-order valence-corrected chi connectivity index (χ1v) is 11.7. The van der Waals surface area contributed by atoms with Crippen molar-refractivity contribution in [1.82, 2.24) is 0 Å². The summed E-state index contributed by atoms with van der Waals surface area (Å²) in [5.74, 6) is 0.485. The summed E-state index contributed by atoms with van der Waals surface area (Å²) in [5.41, 5.74) is 3.53. The number of hydrogen-bond donors (Lipinski definition) is 2. The average Bonchev–Trinajstić information content (AvgIpc) is 2.79. The van der Waals surface area contributed by atoms with E-state index in [0.717, 1.165) is 10.0 Å². The van der Waals surface area contributed by atoms with Crippen molar-refractivity contribution < 1.29 is 19.1 Å². The molecular formula is C26H24BrClN2O4. The maximum Gasteiger partial charge on any atom is 0.411 e. The molecule has 0 saturated carbocycles. The van der Waals surface area contributed by atoms with Crippen LogP contribution < -0.4 is 15.4 Å². The molecule has 0 radical (unpaired) electrons. The fourth-order valence-electron chi connectivity index (χ4n) is 3.22. The minimum atomic E-state index is -0.557. The molecule has 0 bridgehead atoms. The number of carbonyl (C=O) groups excluding carboxylic acids is 2. The number of nitrogens with one attached hydrogen (secondary N) is 2. The molecule has 0 aliphatic rings. The molecule has 3 rings (SSSR count). The zero-order valence-electron chi connectivity index (χ0n) is 18.8. The number of anilines is 3. The van der Waals surface area contributed by atoms with E-state index in [2.05, 4.69) is 33.1 Å². The molecule has 3 aromatic rings. The van der Waals surface area contributed by atoms with Crippen molar-refractivity contribution in [3.8, 4) is 5.75 Å². The molecule has 8 heteroatoms. The number of carbonyl (C=O) groups is 2. The van der Waals surface area contributed by atoms with Crippen molar-refractivity contribution in [2.24, 2.45) is 0 Å². The van der Waals surface area contributed by atoms with Gasteiger partial charge in [0, 0.05) is 21.3 Å². The van der Waals surface area contributed by atoms with E-state index in [1.807, 2.05) is 19.1 Å². The number of ketones is 1. The predicted octanol–water partition coefficient (Wildman–Crippen LogP) is 7.52. The molecule has 6 nitrogen and oxygen atoms in total. The minimum Gasteiger partial charge on any atom is -0.490 e. The van der Waals surface area contributed by atoms with Crippen LogP contribution in [0.15, 0.2) is 71.7 Å². The van der Waals surface area contributed by atoms with E-state index in [1.165, 1.54) is 0 Å². The van der Waals surface area contributed by atoms with Gasteiger partial charge >= 0.3 is 6.09 Å². The van der Waals surface area contributed by atoms with Crippen molar-refractivity contribution in [1.29, 1.82) is 0 Å². The highest BCUT2D eigenvalue weighted by molar-refractivity contribution is 9.10. The predicted molar refractivity (Wildman–Crippen MR) is 140 cm³/mol. The number of ether oxygens (including phenoxy) is 2. The van der Waals surface area contributed by atoms with Crippen molar-refractivity contribution in [2.75, 3.05) is 23.8 Å². The highest BCUT2D eigenvalue weighted by atomic mass is 79.9. The Morgan fingerprint density at radius 1 is 1.06 bits per heavy atom. The highest BCUT2D eigenvalue weighted by Crippen LogP contribution is 2.32. The van der Waals surface area contributed by atoms with Crippen molar-refractivity contribution in [2.45, 2.75) is 13.8 Å². The number of amides is 1. The van der Waals surface area contributed by atoms with Gasteiger partial charge < -0.3 is 14.8 Å². The van der Waals surface area contributed by atoms with Crippen LogP contribution in [0.4, 0.5) is 21.9 Å². The van der Waals surface area contributed by atoms with Crippen LogP contribution >= 0.6 is 27.5 Å². The summed E-state index contributed by atoms with van der Waals surface area (Å²) in [5, 5.41) is 6.23. The number of aryl methyl sites for hydroxylation is 1. The summed E-state index contributed by atoms with van der Waals surface area (Å²) in [7, 11) is 0. The van der Waals surface area contributed by atoms with Crippen molar-refractivity contribution in [3.05, 3.63) is 93.4 Å². The van der Waals surface area contributed by atoms with E-state index in [-0.39, 0.29) is 12.4 Å². The summed E-state index contributed by atoms with van der Waals surface area (Å²) in [6.07, 6.45) is 1.10. The zero-order chi connectivity index (χ0) is 24.7. The first-order valence-electron chi connectivity index (χ1n) is 10.5. The third kappa shape index (κ3) is 6.40. The first kappa shape index (κ1) is 25.3. The smallest absolute Gasteiger partial charge is 0.411 e. The second-order valence-corrected chi connectivity index (χ2v) is 8.58. The zero-order valence-corrected chi connectivity index (χ0v) is 21.1. The van der Waals surface area contributed by atoms with Crippen LogP contribution in [0.3, 0.4) is 0 Å². The molecule has 1 amide bonds. The van der Waals surface area contributed by atoms with Crippen LogP contribution in [0.2, 0.25) is 5.02 Å². The molecule has 3 aromatic carbocycles. The van der Waals surface area contributed by atoms with Gasteiger partial charge in [-0.2, -0.15) is 0 Å². The Kier molecular flexibility index (Phi) is 8.73. The molecule has 176 valence electrons. The molecule has 2 N–H and O–H groups in total. The van der Waals surface area contributed by atoms with E-state index in [9.17, 15) is 9.59 Å². The fraction of sp³-hybridized carbons (Fsp3) is 0.154. The van der Waals surface area contributed by atoms with Crippen molar-refractivity contribution >= 4 is 56.5 Å². The molecule has 0 aromatic heterocycles. The lowest BCUT2D eigenvalue weighted by Crippen LogP contribution is -2.14. The maximum atomic E-state index is 13.1. The van der Waals surface area contributed by atoms with Gasteiger partial charge in [-0.05, 0) is 74.0 Å². The normalized spacial score (nSPS) is 10.4. The number of rotatable bonds is 9. The van der Waals surface area contributed by atoms with Crippen molar-refractivity contribution in [3.63, 3.8) is 0 Å². The Labute approximate surface area is 212 Å². The minimum absolute atomic E-state index is 0.183. The molecule has 0 saturated heterocycles. The van der Waals surface area contributed by atoms with Crippen LogP contribution in [-0.2, 0) is 4.74 Å². The van der Waals surface area contributed by atoms with Gasteiger partial charge in [-0.3, -0.25) is 10.1 Å². The molecule has 0 unspecified atom stereocenters. The van der Waals surface area contributed by atoms with E-state index in [1.54, 1.807) is 55.5 Å². The molecular weight excluding hydrogens is 520 g/mol. The van der Waals surface area contributed by atoms with Gasteiger partial charge in [0.1, 0.15) is 12.4 Å². The largest absolute Gasteiger partial charge is 0.490 e. The standard InChI is InChI=1S/C26H24BrClN2O4/c1-4-12-34-19-8-10-20(16(3)13-19)25(31)21-9-7-18(15-22(21)28)29-23-11-6-17(27)14-24(23)30-26(32)33-5-2/h4,6-11,13-15,29H,1,5,12H2,2-3H3,(H,30,32). The Balaban J connectivity index is 1.82. The van der Waals surface area contributed by atoms with Gasteiger partial charge in [0.25, 0.3) is 0 Å². The van der Waals surface area contributed by atoms with Crippen LogP contribution in [0.5, 0.6) is 5.75 Å². The van der Waals surface area contributed by atoms with Gasteiger partial charge in [-0.15, -0.1) is 0 Å². The second-order valence-electron chi connectivity index (χ2n) is 7.26. The van der Waals surface area contributed by atoms with E-state index < -0.39 is 6.09 Å². The summed E-state index contributed by atoms with van der Waals surface area (Å²) in [6.45, 7) is 7.87. The lowest BCUT2D eigenvalue weighted by Gasteiger charge is -2.15. The topological polar surface area (TPSA) is 76.7 Å². The highest BCUT2D eigenvalue weighted by Gasteiger charge is 2.17. The van der Waals surface area contributed by atoms with Gasteiger partial charge in [0.15, 0.2) is 5.78 Å². The van der Waals surface area contributed by atoms with E-state index in [4.69, 9.17) is 21.1 Å². The monoisotopic (exact) mass is 542 g/mol. The maximum absolute atomic E-state index is 13.1. The molecule has 0 fully saturated rings. The van der Waals surface area contributed by atoms with Crippen LogP contribution in [0, 0.1) is 6.92 Å². The summed E-state index contributed by atoms with van der Waals surface area (Å²) in [6, 6.07) is 15.8. The number of hydrogen-bond acceptors (Lipinski definition) is 5. The lowest BCUT2D eigenvalue weighted by molar-refractivity contribution is 0.103. The Hall–Kier alpha value is -3.29. The van der Waals surface area contributed by atoms with Crippen LogP contribution in [-0.4, -0.2) is 25.1 Å². The summed E-state index contributed by atoms with van der Waals surface area (Å²) < 4.78 is 11.3. The third-order valence-corrected chi connectivity index (χ3v) is 5.60. The van der Waals surface area contributed by atoms with Gasteiger partial charge in [-0.1, -0.05) is 40.2 Å². The van der Waals surface area contributed by atoms with E-state index >= 15 is 0 Å². The summed E-state index contributed by atoms with van der Waals surface area (Å²) >= 11 is 9.89. The average molecular weight is 544 g/mol. The fourth-order valence-corrected chi connectivity index (χ4v) is 3.85. The Morgan fingerprint density at radius 2 is 1.82 bits per heavy atom. The first-order chi connectivity index (χ1) is 16.3. The van der Waals surface area contributed by atoms with Gasteiger partial charge in [0.2, 0.25) is 0 Å². The van der Waals surface area contributed by atoms with Gasteiger partial charge in [-0.25, -0.2) is 4.79 Å². The second kappa shape index (κ2) is 11.7. The lowest BCUT2D eigenvalue weighted by atomic mass is 9.98. The third-order valence-electron chi connectivity index (χ3n) is 4.80. The van der Waals surface area contributed by atoms with E-state index in [0.29, 0.717) is 45.6 Å². The SMILES string of the molecule is C=CCOc1ccc(C(=O)c2ccc(Nc3ccc(Br)cc3NC(=O)OCC)cc2Cl)c(C)c1. The van der Waals surface area contributed by atoms with Crippen LogP contribution in [0.25, 0.3) is 0 Å². The number of halogens is 2. The molecule has 0 spiro atoms. The molecule has 34 heavy (non-hydrogen) atoms. The Morgan fingerprint density at radius 3 is 2.50 bits per heavy atom. The molecule has 0 heterocycles. The Bertz CT molecular complexity index is 1230. The quantitative estimate of drug-likeness (QED) is 0.216. The molecule has 0 aliphatic heterocycles. The van der Waals surface area contributed by atoms with Crippen LogP contribution in [0.1, 0.15) is 28.4 Å². The number of benzene rings is 3. The molecule has 0 atom stereocenters. The molecule has 0 aliphatic carbocycles. The van der Waals surface area contributed by atoms with Gasteiger partial charge in [0.05, 0.1) is 23.0 Å².